The van der Waals surface area contributed by atoms with Gasteiger partial charge >= 0.3 is 5.97 Å². The smallest absolute Gasteiger partial charge is 0.354 e. The molecule has 1 saturated heterocycles. The first-order valence-electron chi connectivity index (χ1n) is 8.99. The number of esters is 1. The fourth-order valence-electron chi connectivity index (χ4n) is 3.45. The Labute approximate surface area is 161 Å². The lowest BCUT2D eigenvalue weighted by Gasteiger charge is -2.28. The molecule has 2 heterocycles. The molecule has 0 N–H and O–H groups in total. The highest BCUT2D eigenvalue weighted by molar-refractivity contribution is 6.39. The Kier molecular flexibility index (Phi) is 5.17. The minimum atomic E-state index is -1.54. The molecule has 1 atom stereocenters. The SMILES string of the molecule is CCOC(=O)C1=NN(C(C)=O)[C@]2(CC(=O)N(c3ccc(OCC)cc3)C2=O)C1. The zero-order valence-corrected chi connectivity index (χ0v) is 15.9. The summed E-state index contributed by atoms with van der Waals surface area (Å²) in [6.45, 7) is 5.35. The van der Waals surface area contributed by atoms with Crippen molar-refractivity contribution in [2.45, 2.75) is 39.2 Å². The number of hydrogen-bond acceptors (Lipinski definition) is 7. The molecule has 0 unspecified atom stereocenters. The van der Waals surface area contributed by atoms with E-state index in [0.717, 1.165) is 9.91 Å². The van der Waals surface area contributed by atoms with E-state index >= 15 is 0 Å². The molecule has 9 heteroatoms. The number of anilines is 1. The summed E-state index contributed by atoms with van der Waals surface area (Å²) in [5, 5.41) is 4.94. The molecule has 1 aromatic rings. The largest absolute Gasteiger partial charge is 0.494 e. The summed E-state index contributed by atoms with van der Waals surface area (Å²) in [6.07, 6.45) is -0.422. The molecule has 3 amide bonds. The first-order chi connectivity index (χ1) is 13.3. The van der Waals surface area contributed by atoms with Gasteiger partial charge in [-0.25, -0.2) is 14.7 Å². The van der Waals surface area contributed by atoms with Gasteiger partial charge in [-0.2, -0.15) is 5.10 Å². The predicted octanol–water partition coefficient (Wildman–Crippen LogP) is 1.26. The Hall–Kier alpha value is -3.23. The number of rotatable bonds is 5. The van der Waals surface area contributed by atoms with Crippen LogP contribution in [0.25, 0.3) is 0 Å². The number of carbonyl (C=O) groups excluding carboxylic acids is 4. The van der Waals surface area contributed by atoms with E-state index < -0.39 is 29.2 Å². The molecule has 0 aliphatic carbocycles. The molecule has 1 aromatic carbocycles. The van der Waals surface area contributed by atoms with E-state index in [1.165, 1.54) is 6.92 Å². The highest BCUT2D eigenvalue weighted by atomic mass is 16.5. The number of hydrogen-bond donors (Lipinski definition) is 0. The van der Waals surface area contributed by atoms with Crippen LogP contribution in [0.15, 0.2) is 29.4 Å². The van der Waals surface area contributed by atoms with E-state index in [-0.39, 0.29) is 25.2 Å². The molecule has 2 aliphatic rings. The van der Waals surface area contributed by atoms with Crippen molar-refractivity contribution < 1.29 is 28.7 Å². The average Bonchev–Trinajstić information content (AvgIpc) is 3.15. The Morgan fingerprint density at radius 2 is 1.79 bits per heavy atom. The summed E-state index contributed by atoms with van der Waals surface area (Å²) in [5.74, 6) is -1.70. The number of ether oxygens (including phenoxy) is 2. The lowest BCUT2D eigenvalue weighted by atomic mass is 9.91. The predicted molar refractivity (Wildman–Crippen MR) is 98.7 cm³/mol. The topological polar surface area (TPSA) is 106 Å². The fraction of sp³-hybridized carbons (Fsp3) is 0.421. The number of amides is 3. The zero-order valence-electron chi connectivity index (χ0n) is 15.9. The third-order valence-electron chi connectivity index (χ3n) is 4.60. The van der Waals surface area contributed by atoms with Crippen molar-refractivity contribution in [3.8, 4) is 5.75 Å². The standard InChI is InChI=1S/C19H21N3O6/c1-4-27-14-8-6-13(7-9-14)21-16(24)11-19(18(21)26)10-15(17(25)28-5-2)20-22(19)12(3)23/h6-9H,4-5,10-11H2,1-3H3/t19-/m0/s1. The van der Waals surface area contributed by atoms with Gasteiger partial charge in [0.25, 0.3) is 5.91 Å². The fourth-order valence-corrected chi connectivity index (χ4v) is 3.45. The van der Waals surface area contributed by atoms with Crippen molar-refractivity contribution in [3.63, 3.8) is 0 Å². The van der Waals surface area contributed by atoms with Gasteiger partial charge in [-0.1, -0.05) is 0 Å². The maximum atomic E-state index is 13.2. The van der Waals surface area contributed by atoms with Crippen molar-refractivity contribution in [3.05, 3.63) is 24.3 Å². The van der Waals surface area contributed by atoms with E-state index in [1.54, 1.807) is 31.2 Å². The van der Waals surface area contributed by atoms with Crippen LogP contribution in [-0.4, -0.2) is 53.2 Å². The van der Waals surface area contributed by atoms with Gasteiger partial charge in [0, 0.05) is 13.3 Å². The molecule has 1 fully saturated rings. The van der Waals surface area contributed by atoms with Gasteiger partial charge in [-0.3, -0.25) is 14.4 Å². The number of imide groups is 1. The van der Waals surface area contributed by atoms with E-state index in [2.05, 4.69) is 5.10 Å². The minimum absolute atomic E-state index is 0.0493. The van der Waals surface area contributed by atoms with Crippen LogP contribution in [0, 0.1) is 0 Å². The van der Waals surface area contributed by atoms with Gasteiger partial charge in [0.05, 0.1) is 25.3 Å². The number of hydrazone groups is 1. The minimum Gasteiger partial charge on any atom is -0.494 e. The Bertz CT molecular complexity index is 863. The van der Waals surface area contributed by atoms with Crippen LogP contribution in [-0.2, 0) is 23.9 Å². The lowest BCUT2D eigenvalue weighted by Crippen LogP contribution is -2.51. The maximum absolute atomic E-state index is 13.2. The van der Waals surface area contributed by atoms with Crippen molar-refractivity contribution >= 4 is 35.1 Å². The van der Waals surface area contributed by atoms with E-state index in [9.17, 15) is 19.2 Å². The van der Waals surface area contributed by atoms with Gasteiger partial charge < -0.3 is 9.47 Å². The third kappa shape index (κ3) is 3.12. The van der Waals surface area contributed by atoms with E-state index in [0.29, 0.717) is 18.0 Å². The van der Waals surface area contributed by atoms with Crippen LogP contribution < -0.4 is 9.64 Å². The van der Waals surface area contributed by atoms with E-state index in [1.807, 2.05) is 6.92 Å². The average molecular weight is 387 g/mol. The highest BCUT2D eigenvalue weighted by Crippen LogP contribution is 2.40. The van der Waals surface area contributed by atoms with Crippen LogP contribution >= 0.6 is 0 Å². The summed E-state index contributed by atoms with van der Waals surface area (Å²) in [5.41, 5.74) is -1.22. The van der Waals surface area contributed by atoms with Gasteiger partial charge in [-0.15, -0.1) is 0 Å². The summed E-state index contributed by atoms with van der Waals surface area (Å²) in [4.78, 5) is 51.2. The molecule has 28 heavy (non-hydrogen) atoms. The summed E-state index contributed by atoms with van der Waals surface area (Å²) in [6, 6.07) is 6.50. The number of nitrogens with zero attached hydrogens (tertiary/aromatic N) is 3. The molecule has 148 valence electrons. The second-order valence-corrected chi connectivity index (χ2v) is 6.44. The van der Waals surface area contributed by atoms with Crippen LogP contribution in [0.4, 0.5) is 5.69 Å². The maximum Gasteiger partial charge on any atom is 0.354 e. The molecule has 0 bridgehead atoms. The molecule has 0 radical (unpaired) electrons. The molecule has 0 saturated carbocycles. The molecular formula is C19H21N3O6. The lowest BCUT2D eigenvalue weighted by molar-refractivity contribution is -0.141. The quantitative estimate of drug-likeness (QED) is 0.556. The zero-order chi connectivity index (χ0) is 20.5. The second kappa shape index (κ2) is 7.41. The summed E-state index contributed by atoms with van der Waals surface area (Å²) < 4.78 is 10.3. The van der Waals surface area contributed by atoms with Crippen molar-refractivity contribution in [1.29, 1.82) is 0 Å². The highest BCUT2D eigenvalue weighted by Gasteiger charge is 2.61. The normalized spacial score (nSPS) is 21.3. The van der Waals surface area contributed by atoms with E-state index in [4.69, 9.17) is 9.47 Å². The number of benzene rings is 1. The molecule has 0 aromatic heterocycles. The molecule has 1 spiro atoms. The van der Waals surface area contributed by atoms with Gasteiger partial charge in [-0.05, 0) is 38.1 Å². The van der Waals surface area contributed by atoms with Crippen LogP contribution in [0.1, 0.15) is 33.6 Å². The Balaban J connectivity index is 1.93. The molecular weight excluding hydrogens is 366 g/mol. The van der Waals surface area contributed by atoms with Crippen LogP contribution in [0.5, 0.6) is 5.75 Å². The monoisotopic (exact) mass is 387 g/mol. The molecule has 2 aliphatic heterocycles. The Morgan fingerprint density at radius 3 is 2.36 bits per heavy atom. The van der Waals surface area contributed by atoms with Crippen LogP contribution in [0.3, 0.4) is 0 Å². The first kappa shape index (κ1) is 19.5. The summed E-state index contributed by atoms with van der Waals surface area (Å²) in [7, 11) is 0. The molecule has 3 rings (SSSR count). The van der Waals surface area contributed by atoms with Gasteiger partial charge in [0.1, 0.15) is 11.5 Å². The first-order valence-corrected chi connectivity index (χ1v) is 8.99. The van der Waals surface area contributed by atoms with Gasteiger partial charge in [0.15, 0.2) is 5.54 Å². The third-order valence-corrected chi connectivity index (χ3v) is 4.60. The van der Waals surface area contributed by atoms with Crippen molar-refractivity contribution in [2.24, 2.45) is 5.10 Å². The van der Waals surface area contributed by atoms with Crippen LogP contribution in [0.2, 0.25) is 0 Å². The summed E-state index contributed by atoms with van der Waals surface area (Å²) >= 11 is 0. The number of carbonyl (C=O) groups is 4. The molecule has 9 nitrogen and oxygen atoms in total. The second-order valence-electron chi connectivity index (χ2n) is 6.44. The van der Waals surface area contributed by atoms with Crippen molar-refractivity contribution in [1.82, 2.24) is 5.01 Å². The van der Waals surface area contributed by atoms with Gasteiger partial charge in [0.2, 0.25) is 11.8 Å². The van der Waals surface area contributed by atoms with Crippen molar-refractivity contribution in [2.75, 3.05) is 18.1 Å². The Morgan fingerprint density at radius 1 is 1.11 bits per heavy atom.